The molecule has 1 aromatic rings. The van der Waals surface area contributed by atoms with Gasteiger partial charge in [-0.25, -0.2) is 0 Å². The molecule has 0 bridgehead atoms. The summed E-state index contributed by atoms with van der Waals surface area (Å²) in [6.45, 7) is 4.51. The van der Waals surface area contributed by atoms with Gasteiger partial charge < -0.3 is 23.7 Å². The normalized spacial score (nSPS) is 23.1. The molecule has 0 amide bonds. The third-order valence-electron chi connectivity index (χ3n) is 2.72. The van der Waals surface area contributed by atoms with Crippen molar-refractivity contribution < 1.29 is 23.7 Å². The van der Waals surface area contributed by atoms with E-state index in [0.717, 1.165) is 0 Å². The molecule has 3 rings (SSSR count). The van der Waals surface area contributed by atoms with E-state index in [0.29, 0.717) is 33.0 Å². The molecule has 0 aliphatic carbocycles. The standard InChI is InChI=1S/C13H17N3O5/c1-2-3-4-17-11-14-12(20-7-9-5-18-9)16-13(15-11)21-8-10-6-19-10/h2-3,9-10H,4-8H2,1H3. The number of rotatable bonds is 9. The monoisotopic (exact) mass is 295 g/mol. The van der Waals surface area contributed by atoms with E-state index < -0.39 is 0 Å². The van der Waals surface area contributed by atoms with Crippen LogP contribution < -0.4 is 14.2 Å². The Morgan fingerprint density at radius 3 is 1.86 bits per heavy atom. The predicted octanol–water partition coefficient (Wildman–Crippen LogP) is 0.382. The van der Waals surface area contributed by atoms with Crippen LogP contribution in [0.1, 0.15) is 6.92 Å². The molecule has 21 heavy (non-hydrogen) atoms. The average molecular weight is 295 g/mol. The molecular formula is C13H17N3O5. The lowest BCUT2D eigenvalue weighted by molar-refractivity contribution is 0.214. The molecule has 0 spiro atoms. The molecule has 3 heterocycles. The first kappa shape index (κ1) is 14.0. The molecular weight excluding hydrogens is 278 g/mol. The fourth-order valence-electron chi connectivity index (χ4n) is 1.40. The van der Waals surface area contributed by atoms with Gasteiger partial charge >= 0.3 is 18.0 Å². The Hall–Kier alpha value is -1.93. The van der Waals surface area contributed by atoms with Crippen LogP contribution in [0.3, 0.4) is 0 Å². The highest BCUT2D eigenvalue weighted by Gasteiger charge is 2.25. The summed E-state index contributed by atoms with van der Waals surface area (Å²) >= 11 is 0. The minimum atomic E-state index is 0.124. The number of ether oxygens (including phenoxy) is 5. The second-order valence-corrected chi connectivity index (χ2v) is 4.60. The van der Waals surface area contributed by atoms with E-state index in [2.05, 4.69) is 15.0 Å². The van der Waals surface area contributed by atoms with Crippen LogP contribution in [-0.2, 0) is 9.47 Å². The average Bonchev–Trinajstić information content (AvgIpc) is 3.38. The smallest absolute Gasteiger partial charge is 0.326 e. The lowest BCUT2D eigenvalue weighted by atomic mass is 10.5. The first-order valence-electron chi connectivity index (χ1n) is 6.82. The first-order chi connectivity index (χ1) is 10.3. The molecule has 1 aromatic heterocycles. The Labute approximate surface area is 122 Å². The second kappa shape index (κ2) is 6.68. The van der Waals surface area contributed by atoms with Gasteiger partial charge in [-0.3, -0.25) is 0 Å². The number of allylic oxidation sites excluding steroid dienone is 1. The molecule has 0 radical (unpaired) electrons. The van der Waals surface area contributed by atoms with Crippen LogP contribution in [0.15, 0.2) is 12.2 Å². The highest BCUT2D eigenvalue weighted by atomic mass is 16.6. The molecule has 0 N–H and O–H groups in total. The van der Waals surface area contributed by atoms with Gasteiger partial charge in [0.05, 0.1) is 13.2 Å². The van der Waals surface area contributed by atoms with Crippen LogP contribution in [0.4, 0.5) is 0 Å². The highest BCUT2D eigenvalue weighted by molar-refractivity contribution is 5.09. The lowest BCUT2D eigenvalue weighted by Crippen LogP contribution is -2.12. The lowest BCUT2D eigenvalue weighted by Gasteiger charge is -2.08. The molecule has 0 aromatic carbocycles. The van der Waals surface area contributed by atoms with Crippen molar-refractivity contribution in [2.24, 2.45) is 0 Å². The van der Waals surface area contributed by atoms with Gasteiger partial charge in [-0.05, 0) is 6.92 Å². The van der Waals surface area contributed by atoms with E-state index in [1.807, 2.05) is 19.1 Å². The van der Waals surface area contributed by atoms with Gasteiger partial charge in [0.1, 0.15) is 32.0 Å². The van der Waals surface area contributed by atoms with Crippen LogP contribution in [0.5, 0.6) is 18.0 Å². The summed E-state index contributed by atoms with van der Waals surface area (Å²) in [5.41, 5.74) is 0. The van der Waals surface area contributed by atoms with Crippen molar-refractivity contribution in [3.63, 3.8) is 0 Å². The van der Waals surface area contributed by atoms with Gasteiger partial charge in [-0.15, -0.1) is 15.0 Å². The Balaban J connectivity index is 1.62. The third-order valence-corrected chi connectivity index (χ3v) is 2.72. The maximum Gasteiger partial charge on any atom is 0.326 e. The largest absolute Gasteiger partial charge is 0.460 e. The number of aromatic nitrogens is 3. The van der Waals surface area contributed by atoms with Crippen molar-refractivity contribution in [2.75, 3.05) is 33.0 Å². The predicted molar refractivity (Wildman–Crippen MR) is 70.6 cm³/mol. The van der Waals surface area contributed by atoms with Gasteiger partial charge in [-0.1, -0.05) is 12.2 Å². The Morgan fingerprint density at radius 2 is 1.43 bits per heavy atom. The van der Waals surface area contributed by atoms with E-state index in [4.69, 9.17) is 23.7 Å². The summed E-state index contributed by atoms with van der Waals surface area (Å²) in [6.07, 6.45) is 3.97. The van der Waals surface area contributed by atoms with Crippen molar-refractivity contribution in [3.05, 3.63) is 12.2 Å². The molecule has 2 atom stereocenters. The summed E-state index contributed by atoms with van der Waals surface area (Å²) in [6, 6.07) is 0.506. The Morgan fingerprint density at radius 1 is 0.952 bits per heavy atom. The van der Waals surface area contributed by atoms with Crippen LogP contribution in [0, 0.1) is 0 Å². The van der Waals surface area contributed by atoms with E-state index >= 15 is 0 Å². The van der Waals surface area contributed by atoms with E-state index in [-0.39, 0.29) is 30.2 Å². The minimum absolute atomic E-state index is 0.124. The van der Waals surface area contributed by atoms with Gasteiger partial charge in [0.25, 0.3) is 0 Å². The third kappa shape index (κ3) is 4.83. The number of hydrogen-bond donors (Lipinski definition) is 0. The fraction of sp³-hybridized carbons (Fsp3) is 0.615. The van der Waals surface area contributed by atoms with E-state index in [9.17, 15) is 0 Å². The Kier molecular flexibility index (Phi) is 4.46. The van der Waals surface area contributed by atoms with Crippen LogP contribution in [0.25, 0.3) is 0 Å². The molecule has 2 saturated heterocycles. The van der Waals surface area contributed by atoms with Crippen LogP contribution >= 0.6 is 0 Å². The molecule has 2 unspecified atom stereocenters. The molecule has 8 nitrogen and oxygen atoms in total. The van der Waals surface area contributed by atoms with Crippen molar-refractivity contribution in [3.8, 4) is 18.0 Å². The summed E-state index contributed by atoms with van der Waals surface area (Å²) in [5.74, 6) is 0. The van der Waals surface area contributed by atoms with Crippen LogP contribution in [-0.4, -0.2) is 60.2 Å². The zero-order chi connectivity index (χ0) is 14.5. The summed E-state index contributed by atoms with van der Waals surface area (Å²) in [5, 5.41) is 0. The zero-order valence-electron chi connectivity index (χ0n) is 11.7. The van der Waals surface area contributed by atoms with Crippen molar-refractivity contribution in [1.82, 2.24) is 15.0 Å². The molecule has 2 aliphatic rings. The van der Waals surface area contributed by atoms with Gasteiger partial charge in [-0.2, -0.15) is 0 Å². The Bertz CT molecular complexity index is 468. The summed E-state index contributed by atoms with van der Waals surface area (Å²) in [7, 11) is 0. The minimum Gasteiger partial charge on any atom is -0.460 e. The fourth-order valence-corrected chi connectivity index (χ4v) is 1.40. The SMILES string of the molecule is CC=CCOc1nc(OCC2CO2)nc(OCC2CO2)n1. The number of epoxide rings is 2. The first-order valence-corrected chi connectivity index (χ1v) is 6.82. The maximum absolute atomic E-state index is 5.44. The molecule has 8 heteroatoms. The van der Waals surface area contributed by atoms with Crippen molar-refractivity contribution >= 4 is 0 Å². The van der Waals surface area contributed by atoms with Crippen LogP contribution in [0.2, 0.25) is 0 Å². The quantitative estimate of drug-likeness (QED) is 0.477. The van der Waals surface area contributed by atoms with Crippen molar-refractivity contribution in [2.45, 2.75) is 19.1 Å². The van der Waals surface area contributed by atoms with Gasteiger partial charge in [0.15, 0.2) is 0 Å². The maximum atomic E-state index is 5.44. The van der Waals surface area contributed by atoms with Gasteiger partial charge in [0.2, 0.25) is 0 Å². The number of nitrogens with zero attached hydrogens (tertiary/aromatic N) is 3. The molecule has 114 valence electrons. The molecule has 2 fully saturated rings. The van der Waals surface area contributed by atoms with E-state index in [1.54, 1.807) is 0 Å². The summed E-state index contributed by atoms with van der Waals surface area (Å²) in [4.78, 5) is 12.2. The highest BCUT2D eigenvalue weighted by Crippen LogP contribution is 2.18. The topological polar surface area (TPSA) is 91.4 Å². The summed E-state index contributed by atoms with van der Waals surface area (Å²) < 4.78 is 26.4. The van der Waals surface area contributed by atoms with Gasteiger partial charge in [0, 0.05) is 0 Å². The molecule has 2 aliphatic heterocycles. The number of hydrogen-bond acceptors (Lipinski definition) is 8. The zero-order valence-corrected chi connectivity index (χ0v) is 11.7. The van der Waals surface area contributed by atoms with Crippen molar-refractivity contribution in [1.29, 1.82) is 0 Å². The molecule has 0 saturated carbocycles. The van der Waals surface area contributed by atoms with E-state index in [1.165, 1.54) is 0 Å². The second-order valence-electron chi connectivity index (χ2n) is 4.60.